The van der Waals surface area contributed by atoms with Gasteiger partial charge in [0.1, 0.15) is 18.0 Å². The summed E-state index contributed by atoms with van der Waals surface area (Å²) in [6.07, 6.45) is 3.20. The molecule has 0 spiro atoms. The van der Waals surface area contributed by atoms with Crippen LogP contribution in [0.1, 0.15) is 49.2 Å². The van der Waals surface area contributed by atoms with Crippen LogP contribution in [0, 0.1) is 5.92 Å². The van der Waals surface area contributed by atoms with E-state index in [0.29, 0.717) is 18.5 Å². The zero-order valence-corrected chi connectivity index (χ0v) is 20.8. The maximum Gasteiger partial charge on any atom is 0.268 e. The fourth-order valence-corrected chi connectivity index (χ4v) is 4.03. The summed E-state index contributed by atoms with van der Waals surface area (Å²) >= 11 is 0. The van der Waals surface area contributed by atoms with Crippen molar-refractivity contribution in [1.82, 2.24) is 20.9 Å². The van der Waals surface area contributed by atoms with Gasteiger partial charge in [-0.05, 0) is 49.3 Å². The summed E-state index contributed by atoms with van der Waals surface area (Å²) in [6.45, 7) is 3.62. The van der Waals surface area contributed by atoms with E-state index in [1.165, 1.54) is 5.56 Å². The minimum absolute atomic E-state index is 0.134. The van der Waals surface area contributed by atoms with Crippen LogP contribution in [0.3, 0.4) is 0 Å². The molecule has 3 rings (SSSR count). The number of para-hydroxylation sites is 1. The summed E-state index contributed by atoms with van der Waals surface area (Å²) in [4.78, 5) is 52.5. The predicted octanol–water partition coefficient (Wildman–Crippen LogP) is 3.14. The number of amides is 3. The second-order valence-electron chi connectivity index (χ2n) is 9.33. The maximum absolute atomic E-state index is 12.9. The van der Waals surface area contributed by atoms with Crippen LogP contribution in [0.5, 0.6) is 0 Å². The molecule has 3 aromatic rings. The van der Waals surface area contributed by atoms with Crippen molar-refractivity contribution in [3.8, 4) is 0 Å². The largest absolute Gasteiger partial charge is 0.351 e. The average molecular weight is 491 g/mol. The second kappa shape index (κ2) is 13.2. The first-order valence-electron chi connectivity index (χ1n) is 12.3. The van der Waals surface area contributed by atoms with Gasteiger partial charge < -0.3 is 25.7 Å². The molecule has 0 unspecified atom stereocenters. The summed E-state index contributed by atoms with van der Waals surface area (Å²) < 4.78 is 0. The van der Waals surface area contributed by atoms with Crippen LogP contribution in [0.25, 0.3) is 10.9 Å². The van der Waals surface area contributed by atoms with E-state index in [1.807, 2.05) is 68.4 Å². The Labute approximate surface area is 211 Å². The van der Waals surface area contributed by atoms with Gasteiger partial charge in [-0.25, -0.2) is 0 Å². The van der Waals surface area contributed by atoms with Gasteiger partial charge in [0.25, 0.3) is 5.91 Å². The third kappa shape index (κ3) is 8.08. The Morgan fingerprint density at radius 3 is 2.39 bits per heavy atom. The van der Waals surface area contributed by atoms with Gasteiger partial charge in [0, 0.05) is 10.9 Å². The molecular weight excluding hydrogens is 456 g/mol. The number of carbonyl (C=O) groups excluding carboxylic acids is 4. The number of rotatable bonds is 13. The topological polar surface area (TPSA) is 120 Å². The molecule has 0 saturated carbocycles. The Hall–Kier alpha value is -3.94. The number of fused-ring (bicyclic) bond motifs is 1. The first-order chi connectivity index (χ1) is 17.4. The lowest BCUT2D eigenvalue weighted by molar-refractivity contribution is -0.130. The molecule has 2 atom stereocenters. The van der Waals surface area contributed by atoms with Gasteiger partial charge in [-0.1, -0.05) is 62.4 Å². The molecule has 0 aliphatic carbocycles. The van der Waals surface area contributed by atoms with Gasteiger partial charge >= 0.3 is 0 Å². The van der Waals surface area contributed by atoms with Crippen molar-refractivity contribution in [3.63, 3.8) is 0 Å². The highest BCUT2D eigenvalue weighted by Crippen LogP contribution is 2.14. The highest BCUT2D eigenvalue weighted by atomic mass is 16.2. The number of aryl methyl sites for hydroxylation is 1. The summed E-state index contributed by atoms with van der Waals surface area (Å²) in [6, 6.07) is 17.7. The molecule has 190 valence electrons. The van der Waals surface area contributed by atoms with E-state index in [4.69, 9.17) is 0 Å². The highest BCUT2D eigenvalue weighted by molar-refractivity contribution is 5.99. The molecular formula is C28H34N4O4. The van der Waals surface area contributed by atoms with Crippen LogP contribution in [0.4, 0.5) is 0 Å². The molecule has 8 nitrogen and oxygen atoms in total. The van der Waals surface area contributed by atoms with Crippen molar-refractivity contribution < 1.29 is 19.2 Å². The second-order valence-corrected chi connectivity index (χ2v) is 9.33. The molecule has 3 amide bonds. The van der Waals surface area contributed by atoms with Gasteiger partial charge in [-0.3, -0.25) is 14.4 Å². The number of hydrogen-bond acceptors (Lipinski definition) is 4. The van der Waals surface area contributed by atoms with E-state index >= 15 is 0 Å². The predicted molar refractivity (Wildman–Crippen MR) is 139 cm³/mol. The van der Waals surface area contributed by atoms with Gasteiger partial charge in [0.15, 0.2) is 0 Å². The lowest BCUT2D eigenvalue weighted by atomic mass is 10.0. The molecule has 1 heterocycles. The highest BCUT2D eigenvalue weighted by Gasteiger charge is 2.24. The average Bonchev–Trinajstić information content (AvgIpc) is 3.31. The number of hydrogen-bond donors (Lipinski definition) is 4. The molecule has 0 saturated heterocycles. The molecule has 36 heavy (non-hydrogen) atoms. The van der Waals surface area contributed by atoms with Gasteiger partial charge in [-0.2, -0.15) is 0 Å². The lowest BCUT2D eigenvalue weighted by Crippen LogP contribution is -2.52. The van der Waals surface area contributed by atoms with Crippen molar-refractivity contribution >= 4 is 34.9 Å². The van der Waals surface area contributed by atoms with Gasteiger partial charge in [0.05, 0.1) is 12.6 Å². The molecule has 0 radical (unpaired) electrons. The number of nitrogens with one attached hydrogen (secondary N) is 4. The third-order valence-corrected chi connectivity index (χ3v) is 5.86. The number of H-pyrrole nitrogens is 1. The summed E-state index contributed by atoms with van der Waals surface area (Å²) in [5, 5.41) is 8.94. The van der Waals surface area contributed by atoms with E-state index in [1.54, 1.807) is 6.07 Å². The fraction of sp³-hybridized carbons (Fsp3) is 0.357. The number of carbonyl (C=O) groups is 4. The van der Waals surface area contributed by atoms with Crippen LogP contribution >= 0.6 is 0 Å². The molecule has 8 heteroatoms. The Balaban J connectivity index is 1.50. The summed E-state index contributed by atoms with van der Waals surface area (Å²) in [7, 11) is 0. The van der Waals surface area contributed by atoms with Crippen LogP contribution in [-0.4, -0.2) is 47.6 Å². The molecule has 0 fully saturated rings. The zero-order chi connectivity index (χ0) is 25.9. The molecule has 2 aromatic carbocycles. The van der Waals surface area contributed by atoms with Crippen LogP contribution in [0.2, 0.25) is 0 Å². The molecule has 1 aromatic heterocycles. The quantitative estimate of drug-likeness (QED) is 0.275. The first-order valence-corrected chi connectivity index (χ1v) is 12.3. The normalized spacial score (nSPS) is 12.6. The van der Waals surface area contributed by atoms with E-state index in [9.17, 15) is 19.2 Å². The number of aromatic amines is 1. The third-order valence-electron chi connectivity index (χ3n) is 5.86. The van der Waals surface area contributed by atoms with Gasteiger partial charge in [-0.15, -0.1) is 0 Å². The summed E-state index contributed by atoms with van der Waals surface area (Å²) in [5.41, 5.74) is 2.35. The Bertz CT molecular complexity index is 1140. The van der Waals surface area contributed by atoms with Crippen molar-refractivity contribution in [2.45, 2.75) is 51.6 Å². The van der Waals surface area contributed by atoms with Crippen molar-refractivity contribution in [1.29, 1.82) is 0 Å². The first kappa shape index (κ1) is 26.7. The Morgan fingerprint density at radius 2 is 1.69 bits per heavy atom. The van der Waals surface area contributed by atoms with E-state index in [0.717, 1.165) is 30.0 Å². The van der Waals surface area contributed by atoms with E-state index < -0.39 is 29.8 Å². The molecule has 0 aliphatic rings. The molecule has 4 N–H and O–H groups in total. The maximum atomic E-state index is 12.9. The lowest BCUT2D eigenvalue weighted by Gasteiger charge is -2.22. The number of benzene rings is 2. The van der Waals surface area contributed by atoms with E-state index in [-0.39, 0.29) is 12.5 Å². The Morgan fingerprint density at radius 1 is 0.972 bits per heavy atom. The van der Waals surface area contributed by atoms with Crippen molar-refractivity contribution in [2.75, 3.05) is 6.54 Å². The number of aldehydes is 1. The molecule has 0 aliphatic heterocycles. The monoisotopic (exact) mass is 490 g/mol. The van der Waals surface area contributed by atoms with Crippen molar-refractivity contribution in [2.24, 2.45) is 5.92 Å². The van der Waals surface area contributed by atoms with E-state index in [2.05, 4.69) is 20.9 Å². The summed E-state index contributed by atoms with van der Waals surface area (Å²) in [5.74, 6) is -1.16. The van der Waals surface area contributed by atoms with Gasteiger partial charge in [0.2, 0.25) is 11.8 Å². The number of aromatic nitrogens is 1. The minimum atomic E-state index is -0.806. The minimum Gasteiger partial charge on any atom is -0.351 e. The fourth-order valence-electron chi connectivity index (χ4n) is 4.03. The van der Waals surface area contributed by atoms with Crippen molar-refractivity contribution in [3.05, 3.63) is 71.9 Å². The SMILES string of the molecule is CC(C)C[C@H](NC(=O)CNC(=O)c1cc2ccccc2[nH]1)C(=O)N[C@@H](C=O)CCCc1ccccc1. The smallest absolute Gasteiger partial charge is 0.268 e. The van der Waals surface area contributed by atoms with Crippen LogP contribution < -0.4 is 16.0 Å². The standard InChI is InChI=1S/C28H34N4O4/c1-19(2)15-24(28(36)30-22(18-33)13-8-11-20-9-4-3-5-10-20)32-26(34)17-29-27(35)25-16-21-12-6-7-14-23(21)31-25/h3-7,9-10,12,14,16,18-19,22,24,31H,8,11,13,15,17H2,1-2H3,(H,29,35)(H,30,36)(H,32,34)/t22-,24+/m1/s1. The van der Waals surface area contributed by atoms with Crippen LogP contribution in [0.15, 0.2) is 60.7 Å². The molecule has 0 bridgehead atoms. The van der Waals surface area contributed by atoms with Crippen LogP contribution in [-0.2, 0) is 20.8 Å². The Kier molecular flexibility index (Phi) is 9.80. The zero-order valence-electron chi connectivity index (χ0n) is 20.8.